The molecule has 0 unspecified atom stereocenters. The molecular formula is C12H16O3. The number of ether oxygens (including phenoxy) is 1. The number of carboxylic acid groups (broad SMARTS) is 1. The molecule has 1 rings (SSSR count). The standard InChI is InChI=1S/C12H16O3/c1-8(2)10-5-4-9(7-12(13)14)6-11(10)15-3/h4-6,8H,7H2,1-3H3,(H,13,14). The predicted octanol–water partition coefficient (Wildman–Crippen LogP) is 2.45. The average Bonchev–Trinajstić information content (AvgIpc) is 2.16. The highest BCUT2D eigenvalue weighted by molar-refractivity contribution is 5.70. The number of methoxy groups -OCH3 is 1. The average molecular weight is 208 g/mol. The van der Waals surface area contributed by atoms with Gasteiger partial charge in [0.05, 0.1) is 13.5 Å². The molecule has 0 aliphatic heterocycles. The second-order valence-corrected chi connectivity index (χ2v) is 3.80. The monoisotopic (exact) mass is 208 g/mol. The number of benzene rings is 1. The van der Waals surface area contributed by atoms with Crippen molar-refractivity contribution >= 4 is 5.97 Å². The molecule has 3 nitrogen and oxygen atoms in total. The molecule has 0 aliphatic rings. The van der Waals surface area contributed by atoms with Crippen LogP contribution in [0.2, 0.25) is 0 Å². The van der Waals surface area contributed by atoms with Crippen molar-refractivity contribution in [3.63, 3.8) is 0 Å². The highest BCUT2D eigenvalue weighted by Crippen LogP contribution is 2.27. The fraction of sp³-hybridized carbons (Fsp3) is 0.417. The van der Waals surface area contributed by atoms with Gasteiger partial charge in [0.25, 0.3) is 0 Å². The van der Waals surface area contributed by atoms with Crippen LogP contribution < -0.4 is 4.74 Å². The van der Waals surface area contributed by atoms with Gasteiger partial charge < -0.3 is 9.84 Å². The second kappa shape index (κ2) is 4.82. The van der Waals surface area contributed by atoms with E-state index in [0.717, 1.165) is 16.9 Å². The highest BCUT2D eigenvalue weighted by Gasteiger charge is 2.09. The van der Waals surface area contributed by atoms with E-state index in [1.165, 1.54) is 0 Å². The van der Waals surface area contributed by atoms with Crippen molar-refractivity contribution in [3.05, 3.63) is 29.3 Å². The van der Waals surface area contributed by atoms with Crippen molar-refractivity contribution in [1.82, 2.24) is 0 Å². The van der Waals surface area contributed by atoms with Gasteiger partial charge in [-0.25, -0.2) is 0 Å². The lowest BCUT2D eigenvalue weighted by Crippen LogP contribution is -2.02. The SMILES string of the molecule is COc1cc(CC(=O)O)ccc1C(C)C. The van der Waals surface area contributed by atoms with Gasteiger partial charge >= 0.3 is 5.97 Å². The summed E-state index contributed by atoms with van der Waals surface area (Å²) in [5, 5.41) is 8.67. The van der Waals surface area contributed by atoms with Gasteiger partial charge in [-0.15, -0.1) is 0 Å². The number of rotatable bonds is 4. The highest BCUT2D eigenvalue weighted by atomic mass is 16.5. The minimum absolute atomic E-state index is 0.0364. The van der Waals surface area contributed by atoms with Gasteiger partial charge in [-0.05, 0) is 23.1 Å². The Morgan fingerprint density at radius 1 is 1.47 bits per heavy atom. The van der Waals surface area contributed by atoms with E-state index < -0.39 is 5.97 Å². The molecule has 82 valence electrons. The maximum Gasteiger partial charge on any atom is 0.307 e. The van der Waals surface area contributed by atoms with Crippen LogP contribution in [0.25, 0.3) is 0 Å². The molecule has 0 radical (unpaired) electrons. The molecule has 0 aromatic heterocycles. The number of carbonyl (C=O) groups is 1. The van der Waals surface area contributed by atoms with Crippen molar-refractivity contribution in [2.75, 3.05) is 7.11 Å². The minimum Gasteiger partial charge on any atom is -0.496 e. The molecule has 0 heterocycles. The molecule has 3 heteroatoms. The summed E-state index contributed by atoms with van der Waals surface area (Å²) in [7, 11) is 1.60. The van der Waals surface area contributed by atoms with Crippen LogP contribution in [0.1, 0.15) is 30.9 Å². The van der Waals surface area contributed by atoms with Crippen LogP contribution in [-0.2, 0) is 11.2 Å². The van der Waals surface area contributed by atoms with E-state index in [2.05, 4.69) is 13.8 Å². The zero-order valence-electron chi connectivity index (χ0n) is 9.28. The van der Waals surface area contributed by atoms with Gasteiger partial charge in [0.1, 0.15) is 5.75 Å². The van der Waals surface area contributed by atoms with Crippen molar-refractivity contribution in [1.29, 1.82) is 0 Å². The van der Waals surface area contributed by atoms with Gasteiger partial charge in [-0.3, -0.25) is 4.79 Å². The molecule has 0 amide bonds. The van der Waals surface area contributed by atoms with Gasteiger partial charge in [-0.2, -0.15) is 0 Å². The summed E-state index contributed by atoms with van der Waals surface area (Å²) in [4.78, 5) is 10.5. The van der Waals surface area contributed by atoms with Crippen LogP contribution in [0.3, 0.4) is 0 Å². The van der Waals surface area contributed by atoms with E-state index in [1.54, 1.807) is 13.2 Å². The molecule has 0 aliphatic carbocycles. The first-order valence-corrected chi connectivity index (χ1v) is 4.93. The molecule has 1 aromatic rings. The smallest absolute Gasteiger partial charge is 0.307 e. The lowest BCUT2D eigenvalue weighted by Gasteiger charge is -2.12. The van der Waals surface area contributed by atoms with Gasteiger partial charge in [0, 0.05) is 0 Å². The summed E-state index contributed by atoms with van der Waals surface area (Å²) >= 11 is 0. The van der Waals surface area contributed by atoms with Gasteiger partial charge in [0.15, 0.2) is 0 Å². The number of hydrogen-bond acceptors (Lipinski definition) is 2. The van der Waals surface area contributed by atoms with E-state index in [0.29, 0.717) is 5.92 Å². The van der Waals surface area contributed by atoms with Crippen LogP contribution in [0.4, 0.5) is 0 Å². The lowest BCUT2D eigenvalue weighted by atomic mass is 9.99. The molecule has 0 bridgehead atoms. The zero-order chi connectivity index (χ0) is 11.4. The van der Waals surface area contributed by atoms with E-state index in [4.69, 9.17) is 9.84 Å². The molecule has 0 spiro atoms. The molecule has 1 N–H and O–H groups in total. The summed E-state index contributed by atoms with van der Waals surface area (Å²) in [6.07, 6.45) is 0.0364. The Kier molecular flexibility index (Phi) is 3.72. The third-order valence-electron chi connectivity index (χ3n) is 2.28. The van der Waals surface area contributed by atoms with Crippen LogP contribution in [-0.4, -0.2) is 18.2 Å². The predicted molar refractivity (Wildman–Crippen MR) is 58.4 cm³/mol. The molecule has 0 atom stereocenters. The van der Waals surface area contributed by atoms with E-state index in [1.807, 2.05) is 12.1 Å². The fourth-order valence-electron chi connectivity index (χ4n) is 1.52. The number of carboxylic acids is 1. The molecule has 0 saturated heterocycles. The molecular weight excluding hydrogens is 192 g/mol. The third-order valence-corrected chi connectivity index (χ3v) is 2.28. The number of hydrogen-bond donors (Lipinski definition) is 1. The van der Waals surface area contributed by atoms with Crippen LogP contribution in [0, 0.1) is 0 Å². The Morgan fingerprint density at radius 2 is 2.13 bits per heavy atom. The molecule has 0 fully saturated rings. The molecule has 1 aromatic carbocycles. The maximum atomic E-state index is 10.5. The Balaban J connectivity index is 3.02. The van der Waals surface area contributed by atoms with Crippen LogP contribution >= 0.6 is 0 Å². The first kappa shape index (κ1) is 11.6. The summed E-state index contributed by atoms with van der Waals surface area (Å²) in [6, 6.07) is 5.57. The Morgan fingerprint density at radius 3 is 2.60 bits per heavy atom. The number of aliphatic carboxylic acids is 1. The first-order valence-electron chi connectivity index (χ1n) is 4.93. The lowest BCUT2D eigenvalue weighted by molar-refractivity contribution is -0.136. The largest absolute Gasteiger partial charge is 0.496 e. The fourth-order valence-corrected chi connectivity index (χ4v) is 1.52. The maximum absolute atomic E-state index is 10.5. The van der Waals surface area contributed by atoms with E-state index in [9.17, 15) is 4.79 Å². The summed E-state index contributed by atoms with van der Waals surface area (Å²) < 4.78 is 5.24. The van der Waals surface area contributed by atoms with Gasteiger partial charge in [-0.1, -0.05) is 26.0 Å². The van der Waals surface area contributed by atoms with E-state index >= 15 is 0 Å². The van der Waals surface area contributed by atoms with Crippen LogP contribution in [0.5, 0.6) is 5.75 Å². The third kappa shape index (κ3) is 2.98. The second-order valence-electron chi connectivity index (χ2n) is 3.80. The van der Waals surface area contributed by atoms with Gasteiger partial charge in [0.2, 0.25) is 0 Å². The normalized spacial score (nSPS) is 10.4. The van der Waals surface area contributed by atoms with Crippen LogP contribution in [0.15, 0.2) is 18.2 Å². The quantitative estimate of drug-likeness (QED) is 0.826. The Bertz CT molecular complexity index is 356. The Hall–Kier alpha value is -1.51. The topological polar surface area (TPSA) is 46.5 Å². The summed E-state index contributed by atoms with van der Waals surface area (Å²) in [5.41, 5.74) is 1.87. The minimum atomic E-state index is -0.825. The molecule has 15 heavy (non-hydrogen) atoms. The van der Waals surface area contributed by atoms with Crippen molar-refractivity contribution in [2.45, 2.75) is 26.2 Å². The van der Waals surface area contributed by atoms with Crippen molar-refractivity contribution in [2.24, 2.45) is 0 Å². The summed E-state index contributed by atoms with van der Waals surface area (Å²) in [5.74, 6) is 0.317. The summed E-state index contributed by atoms with van der Waals surface area (Å²) in [6.45, 7) is 4.16. The Labute approximate surface area is 89.7 Å². The zero-order valence-corrected chi connectivity index (χ0v) is 9.28. The van der Waals surface area contributed by atoms with E-state index in [-0.39, 0.29) is 6.42 Å². The van der Waals surface area contributed by atoms with Crippen molar-refractivity contribution < 1.29 is 14.6 Å². The first-order chi connectivity index (χ1) is 7.04. The molecule has 0 saturated carbocycles. The van der Waals surface area contributed by atoms with Crippen molar-refractivity contribution in [3.8, 4) is 5.75 Å².